The van der Waals surface area contributed by atoms with E-state index in [9.17, 15) is 19.1 Å². The van der Waals surface area contributed by atoms with E-state index in [0.717, 1.165) is 17.3 Å². The Kier molecular flexibility index (Phi) is 8.83. The molecule has 4 rings (SSSR count). The molecule has 1 amide bonds. The zero-order valence-corrected chi connectivity index (χ0v) is 22.4. The molecule has 0 aliphatic carbocycles. The predicted octanol–water partition coefficient (Wildman–Crippen LogP) is 6.42. The summed E-state index contributed by atoms with van der Waals surface area (Å²) in [6.45, 7) is 3.67. The molecule has 1 N–H and O–H groups in total. The van der Waals surface area contributed by atoms with Gasteiger partial charge < -0.3 is 19.3 Å². The fraction of sp³-hybridized carbons (Fsp3) is 0.167. The van der Waals surface area contributed by atoms with Crippen LogP contribution in [0.4, 0.5) is 4.39 Å². The van der Waals surface area contributed by atoms with Gasteiger partial charge in [0, 0.05) is 5.56 Å². The Morgan fingerprint density at radius 2 is 1.85 bits per heavy atom. The summed E-state index contributed by atoms with van der Waals surface area (Å²) in [4.78, 5) is 30.0. The fourth-order valence-electron chi connectivity index (χ4n) is 3.79. The van der Waals surface area contributed by atoms with Gasteiger partial charge in [0.2, 0.25) is 0 Å². The number of thioether (sulfide) groups is 1. The number of nitrogens with zero attached hydrogens (tertiary/aromatic N) is 1. The lowest BCUT2D eigenvalue weighted by molar-refractivity contribution is -0.138. The molecule has 1 heterocycles. The molecular formula is C30H26FNO6S. The molecule has 200 valence electrons. The Morgan fingerprint density at radius 1 is 1.05 bits per heavy atom. The number of carbonyl (C=O) groups excluding carboxylic acids is 2. The van der Waals surface area contributed by atoms with Crippen molar-refractivity contribution in [2.24, 2.45) is 4.99 Å². The molecule has 3 aromatic rings. The largest absolute Gasteiger partial charge is 0.506 e. The molecule has 0 radical (unpaired) electrons. The zero-order valence-electron chi connectivity index (χ0n) is 21.6. The Bertz CT molecular complexity index is 1510. The highest BCUT2D eigenvalue weighted by molar-refractivity contribution is 8.18. The Morgan fingerprint density at radius 3 is 2.56 bits per heavy atom. The molecule has 7 nitrogen and oxygen atoms in total. The second kappa shape index (κ2) is 12.4. The summed E-state index contributed by atoms with van der Waals surface area (Å²) in [7, 11) is 1.49. The number of esters is 1. The first-order valence-electron chi connectivity index (χ1n) is 12.0. The number of methoxy groups -OCH3 is 1. The molecule has 1 aliphatic heterocycles. The number of aliphatic hydroxyl groups excluding tert-OH is 1. The molecule has 0 fully saturated rings. The van der Waals surface area contributed by atoms with Crippen molar-refractivity contribution >= 4 is 34.8 Å². The summed E-state index contributed by atoms with van der Waals surface area (Å²) in [5.41, 5.74) is 2.26. The standard InChI is InChI=1S/C30H26FNO6S/c1-4-37-30(35)26-27(33)25(39-29(26)32-28(34)22-11-6-5-8-18(22)2)16-19-12-13-23(24(15-19)36-3)38-17-20-9-7-10-21(31)14-20/h5-16,33H,4,17H2,1-3H3/b25-16-,32-29?. The van der Waals surface area contributed by atoms with Gasteiger partial charge >= 0.3 is 5.97 Å². The average molecular weight is 548 g/mol. The maximum atomic E-state index is 13.5. The molecular weight excluding hydrogens is 521 g/mol. The summed E-state index contributed by atoms with van der Waals surface area (Å²) < 4.78 is 29.9. The van der Waals surface area contributed by atoms with Crippen molar-refractivity contribution < 1.29 is 33.3 Å². The van der Waals surface area contributed by atoms with Crippen LogP contribution in [0.5, 0.6) is 11.5 Å². The van der Waals surface area contributed by atoms with E-state index in [0.29, 0.717) is 33.1 Å². The number of rotatable bonds is 8. The number of aryl methyl sites for hydroxylation is 1. The van der Waals surface area contributed by atoms with E-state index in [2.05, 4.69) is 4.99 Å². The van der Waals surface area contributed by atoms with Crippen molar-refractivity contribution in [2.45, 2.75) is 20.5 Å². The highest BCUT2D eigenvalue weighted by Crippen LogP contribution is 2.40. The molecule has 0 bridgehead atoms. The minimum Gasteiger partial charge on any atom is -0.506 e. The first-order chi connectivity index (χ1) is 18.8. The van der Waals surface area contributed by atoms with Crippen LogP contribution in [0.2, 0.25) is 0 Å². The van der Waals surface area contributed by atoms with Gasteiger partial charge in [-0.2, -0.15) is 0 Å². The number of amides is 1. The van der Waals surface area contributed by atoms with Crippen LogP contribution in [-0.4, -0.2) is 35.7 Å². The van der Waals surface area contributed by atoms with Gasteiger partial charge in [-0.3, -0.25) is 4.79 Å². The molecule has 0 saturated carbocycles. The zero-order chi connectivity index (χ0) is 27.9. The van der Waals surface area contributed by atoms with Crippen LogP contribution in [0.1, 0.15) is 34.0 Å². The van der Waals surface area contributed by atoms with Crippen molar-refractivity contribution in [1.82, 2.24) is 0 Å². The van der Waals surface area contributed by atoms with Gasteiger partial charge in [-0.15, -0.1) is 0 Å². The van der Waals surface area contributed by atoms with Crippen LogP contribution in [0.3, 0.4) is 0 Å². The Balaban J connectivity index is 1.63. The molecule has 0 aromatic heterocycles. The number of carbonyl (C=O) groups is 2. The lowest BCUT2D eigenvalue weighted by Crippen LogP contribution is -2.14. The van der Waals surface area contributed by atoms with E-state index in [1.807, 2.05) is 6.07 Å². The predicted molar refractivity (Wildman–Crippen MR) is 149 cm³/mol. The minimum absolute atomic E-state index is 0.0486. The van der Waals surface area contributed by atoms with Gasteiger partial charge in [0.15, 0.2) is 11.5 Å². The average Bonchev–Trinajstić information content (AvgIpc) is 3.22. The molecule has 39 heavy (non-hydrogen) atoms. The monoisotopic (exact) mass is 547 g/mol. The summed E-state index contributed by atoms with van der Waals surface area (Å²) in [5.74, 6) is -1.13. The fourth-order valence-corrected chi connectivity index (χ4v) is 4.80. The maximum Gasteiger partial charge on any atom is 0.344 e. The molecule has 9 heteroatoms. The Hall–Kier alpha value is -4.37. The van der Waals surface area contributed by atoms with E-state index in [-0.39, 0.29) is 35.4 Å². The third-order valence-corrected chi connectivity index (χ3v) is 6.74. The van der Waals surface area contributed by atoms with Crippen LogP contribution in [-0.2, 0) is 16.1 Å². The summed E-state index contributed by atoms with van der Waals surface area (Å²) >= 11 is 0.989. The number of hydrogen-bond acceptors (Lipinski definition) is 7. The molecule has 0 spiro atoms. The number of halogens is 1. The second-order valence-corrected chi connectivity index (χ2v) is 9.45. The Labute approximate surface area is 229 Å². The molecule has 1 aliphatic rings. The van der Waals surface area contributed by atoms with E-state index in [1.165, 1.54) is 19.2 Å². The smallest absolute Gasteiger partial charge is 0.344 e. The van der Waals surface area contributed by atoms with Crippen LogP contribution in [0.15, 0.2) is 88.0 Å². The van der Waals surface area contributed by atoms with E-state index >= 15 is 0 Å². The summed E-state index contributed by atoms with van der Waals surface area (Å²) in [6, 6.07) is 18.2. The van der Waals surface area contributed by atoms with Crippen molar-refractivity contribution in [3.05, 3.63) is 111 Å². The topological polar surface area (TPSA) is 94.4 Å². The first-order valence-corrected chi connectivity index (χ1v) is 12.9. The van der Waals surface area contributed by atoms with Crippen molar-refractivity contribution in [3.8, 4) is 11.5 Å². The quantitative estimate of drug-likeness (QED) is 0.325. The second-order valence-electron chi connectivity index (χ2n) is 8.42. The minimum atomic E-state index is -0.777. The van der Waals surface area contributed by atoms with Crippen molar-refractivity contribution in [3.63, 3.8) is 0 Å². The number of hydrogen-bond donors (Lipinski definition) is 1. The maximum absolute atomic E-state index is 13.5. The van der Waals surface area contributed by atoms with Gasteiger partial charge in [-0.05, 0) is 66.9 Å². The number of ether oxygens (including phenoxy) is 3. The van der Waals surface area contributed by atoms with Crippen molar-refractivity contribution in [1.29, 1.82) is 0 Å². The third kappa shape index (κ3) is 6.56. The number of benzene rings is 3. The van der Waals surface area contributed by atoms with Gasteiger partial charge in [0.25, 0.3) is 5.91 Å². The van der Waals surface area contributed by atoms with Crippen LogP contribution < -0.4 is 9.47 Å². The van der Waals surface area contributed by atoms with Crippen LogP contribution >= 0.6 is 11.8 Å². The highest BCUT2D eigenvalue weighted by atomic mass is 32.2. The normalized spacial score (nSPS) is 15.1. The van der Waals surface area contributed by atoms with Crippen LogP contribution in [0, 0.1) is 12.7 Å². The van der Waals surface area contributed by atoms with Crippen LogP contribution in [0.25, 0.3) is 6.08 Å². The summed E-state index contributed by atoms with van der Waals surface area (Å²) in [5, 5.41) is 11.0. The SMILES string of the molecule is CCOC(=O)C1=C(O)/C(=C/c2ccc(OCc3cccc(F)c3)c(OC)c2)SC1=NC(=O)c1ccccc1C. The third-order valence-electron chi connectivity index (χ3n) is 5.72. The van der Waals surface area contributed by atoms with Crippen molar-refractivity contribution in [2.75, 3.05) is 13.7 Å². The summed E-state index contributed by atoms with van der Waals surface area (Å²) in [6.07, 6.45) is 1.64. The van der Waals surface area contributed by atoms with Gasteiger partial charge in [-0.1, -0.05) is 48.2 Å². The van der Waals surface area contributed by atoms with E-state index < -0.39 is 11.9 Å². The number of aliphatic hydroxyl groups is 1. The number of aliphatic imine (C=N–C) groups is 1. The lowest BCUT2D eigenvalue weighted by atomic mass is 10.1. The molecule has 0 saturated heterocycles. The lowest BCUT2D eigenvalue weighted by Gasteiger charge is -2.12. The molecule has 3 aromatic carbocycles. The van der Waals surface area contributed by atoms with Gasteiger partial charge in [0.1, 0.15) is 28.8 Å². The highest BCUT2D eigenvalue weighted by Gasteiger charge is 2.34. The first kappa shape index (κ1) is 27.7. The molecule has 0 atom stereocenters. The molecule has 0 unspecified atom stereocenters. The van der Waals surface area contributed by atoms with E-state index in [1.54, 1.807) is 68.5 Å². The van der Waals surface area contributed by atoms with Gasteiger partial charge in [0.05, 0.1) is 18.6 Å². The van der Waals surface area contributed by atoms with E-state index in [4.69, 9.17) is 14.2 Å². The van der Waals surface area contributed by atoms with Gasteiger partial charge in [-0.25, -0.2) is 14.2 Å².